The highest BCUT2D eigenvalue weighted by Crippen LogP contribution is 2.44. The normalized spacial score (nSPS) is 21.6. The van der Waals surface area contributed by atoms with E-state index in [2.05, 4.69) is 0 Å². The Kier molecular flexibility index (Phi) is 6.17. The van der Waals surface area contributed by atoms with Crippen molar-refractivity contribution < 1.29 is 28.9 Å². The zero-order valence-electron chi connectivity index (χ0n) is 19.7. The molecule has 7 nitrogen and oxygen atoms in total. The van der Waals surface area contributed by atoms with Gasteiger partial charge in [-0.1, -0.05) is 42.5 Å². The van der Waals surface area contributed by atoms with Gasteiger partial charge in [-0.2, -0.15) is 0 Å². The Balaban J connectivity index is 1.74. The molecule has 2 atom stereocenters. The van der Waals surface area contributed by atoms with Gasteiger partial charge in [0.2, 0.25) is 0 Å². The second-order valence-corrected chi connectivity index (χ2v) is 8.72. The summed E-state index contributed by atoms with van der Waals surface area (Å²) in [7, 11) is 3.00. The van der Waals surface area contributed by atoms with Gasteiger partial charge in [0.15, 0.2) is 0 Å². The monoisotopic (exact) mass is 473 g/mol. The topological polar surface area (TPSA) is 85.3 Å². The number of nitrogens with zero attached hydrogens (tertiary/aromatic N) is 1. The molecule has 2 fully saturated rings. The Hall–Kier alpha value is -3.84. The van der Waals surface area contributed by atoms with E-state index in [1.807, 2.05) is 42.5 Å². The number of likely N-dealkylation sites (tertiary alicyclic amines) is 1. The second-order valence-electron chi connectivity index (χ2n) is 8.72. The number of carbonyl (C=O) groups is 2. The first-order valence-corrected chi connectivity index (χ1v) is 11.6. The Morgan fingerprint density at radius 3 is 2.60 bits per heavy atom. The van der Waals surface area contributed by atoms with Crippen LogP contribution in [0, 0.1) is 0 Å². The minimum absolute atomic E-state index is 0.0240. The third-order valence-electron chi connectivity index (χ3n) is 6.74. The average Bonchev–Trinajstić information content (AvgIpc) is 3.50. The first-order valence-electron chi connectivity index (χ1n) is 11.6. The van der Waals surface area contributed by atoms with Crippen molar-refractivity contribution >= 4 is 28.2 Å². The number of hydrogen-bond acceptors (Lipinski definition) is 6. The Bertz CT molecular complexity index is 1320. The lowest BCUT2D eigenvalue weighted by Crippen LogP contribution is -2.36. The van der Waals surface area contributed by atoms with Crippen LogP contribution in [0.1, 0.15) is 30.0 Å². The smallest absolute Gasteiger partial charge is 0.295 e. The molecular weight excluding hydrogens is 446 g/mol. The summed E-state index contributed by atoms with van der Waals surface area (Å²) in [5.41, 5.74) is 1.08. The Morgan fingerprint density at radius 2 is 1.86 bits per heavy atom. The molecule has 2 heterocycles. The summed E-state index contributed by atoms with van der Waals surface area (Å²) in [5, 5.41) is 13.4. The van der Waals surface area contributed by atoms with Crippen molar-refractivity contribution in [3.8, 4) is 11.5 Å². The highest BCUT2D eigenvalue weighted by Gasteiger charge is 2.47. The molecular formula is C28H27NO6. The summed E-state index contributed by atoms with van der Waals surface area (Å²) >= 11 is 0. The van der Waals surface area contributed by atoms with E-state index in [9.17, 15) is 14.7 Å². The Labute approximate surface area is 203 Å². The maximum atomic E-state index is 13.5. The molecule has 0 saturated carbocycles. The number of rotatable bonds is 6. The third-order valence-corrected chi connectivity index (χ3v) is 6.74. The van der Waals surface area contributed by atoms with Crippen LogP contribution in [0.2, 0.25) is 0 Å². The van der Waals surface area contributed by atoms with E-state index in [4.69, 9.17) is 14.2 Å². The van der Waals surface area contributed by atoms with Gasteiger partial charge in [0.25, 0.3) is 11.7 Å². The molecule has 180 valence electrons. The largest absolute Gasteiger partial charge is 0.507 e. The van der Waals surface area contributed by atoms with Gasteiger partial charge in [0, 0.05) is 13.2 Å². The van der Waals surface area contributed by atoms with Crippen molar-refractivity contribution in [2.45, 2.75) is 25.0 Å². The molecule has 0 aliphatic carbocycles. The van der Waals surface area contributed by atoms with Crippen molar-refractivity contribution in [2.75, 3.05) is 27.4 Å². The van der Waals surface area contributed by atoms with Crippen LogP contribution in [-0.2, 0) is 14.3 Å². The average molecular weight is 474 g/mol. The van der Waals surface area contributed by atoms with Crippen molar-refractivity contribution in [1.29, 1.82) is 0 Å². The number of methoxy groups -OCH3 is 2. The van der Waals surface area contributed by atoms with Gasteiger partial charge in [0.1, 0.15) is 17.3 Å². The molecule has 2 unspecified atom stereocenters. The lowest BCUT2D eigenvalue weighted by atomic mass is 9.91. The van der Waals surface area contributed by atoms with Crippen LogP contribution in [0.25, 0.3) is 16.5 Å². The molecule has 1 amide bonds. The summed E-state index contributed by atoms with van der Waals surface area (Å²) in [6, 6.07) is 17.8. The molecule has 2 saturated heterocycles. The molecule has 0 aromatic heterocycles. The van der Waals surface area contributed by atoms with E-state index in [1.54, 1.807) is 18.2 Å². The second kappa shape index (κ2) is 9.43. The van der Waals surface area contributed by atoms with Gasteiger partial charge >= 0.3 is 0 Å². The molecule has 1 N–H and O–H groups in total. The zero-order valence-corrected chi connectivity index (χ0v) is 19.7. The van der Waals surface area contributed by atoms with Crippen LogP contribution in [-0.4, -0.2) is 55.2 Å². The molecule has 2 aliphatic heterocycles. The fraction of sp³-hybridized carbons (Fsp3) is 0.286. The van der Waals surface area contributed by atoms with Crippen molar-refractivity contribution in [2.24, 2.45) is 0 Å². The number of aliphatic hydroxyl groups excluding tert-OH is 1. The van der Waals surface area contributed by atoms with Crippen LogP contribution in [0.4, 0.5) is 0 Å². The molecule has 0 radical (unpaired) electrons. The van der Waals surface area contributed by atoms with Crippen LogP contribution in [0.15, 0.2) is 66.2 Å². The van der Waals surface area contributed by atoms with Crippen LogP contribution < -0.4 is 9.47 Å². The van der Waals surface area contributed by atoms with Crippen molar-refractivity contribution in [3.63, 3.8) is 0 Å². The van der Waals surface area contributed by atoms with Crippen LogP contribution >= 0.6 is 0 Å². The summed E-state index contributed by atoms with van der Waals surface area (Å²) in [6.45, 7) is 0.902. The first kappa shape index (κ1) is 22.9. The van der Waals surface area contributed by atoms with E-state index in [0.717, 1.165) is 29.2 Å². The van der Waals surface area contributed by atoms with Crippen molar-refractivity contribution in [3.05, 3.63) is 77.4 Å². The number of hydrogen-bond donors (Lipinski definition) is 1. The minimum Gasteiger partial charge on any atom is -0.507 e. The highest BCUT2D eigenvalue weighted by molar-refractivity contribution is 6.46. The van der Waals surface area contributed by atoms with E-state index in [1.165, 1.54) is 19.1 Å². The zero-order chi connectivity index (χ0) is 24.5. The quantitative estimate of drug-likeness (QED) is 0.323. The summed E-state index contributed by atoms with van der Waals surface area (Å²) < 4.78 is 16.6. The molecule has 0 bridgehead atoms. The fourth-order valence-electron chi connectivity index (χ4n) is 5.03. The maximum Gasteiger partial charge on any atom is 0.295 e. The van der Waals surface area contributed by atoms with Crippen LogP contribution in [0.5, 0.6) is 11.5 Å². The predicted octanol–water partition coefficient (Wildman–Crippen LogP) is 4.46. The van der Waals surface area contributed by atoms with E-state index >= 15 is 0 Å². The summed E-state index contributed by atoms with van der Waals surface area (Å²) in [5.74, 6) is -0.829. The number of fused-ring (bicyclic) bond motifs is 1. The van der Waals surface area contributed by atoms with Gasteiger partial charge in [0.05, 0.1) is 37.5 Å². The predicted molar refractivity (Wildman–Crippen MR) is 131 cm³/mol. The number of carbonyl (C=O) groups excluding carboxylic acids is 2. The minimum atomic E-state index is -0.777. The summed E-state index contributed by atoms with van der Waals surface area (Å²) in [6.07, 6.45) is 1.57. The SMILES string of the molecule is COc1ccc(OC)c(/C(O)=C2\C(=O)C(=O)N(CC3CCCO3)C2c2cccc3ccccc23)c1. The third kappa shape index (κ3) is 4.02. The van der Waals surface area contributed by atoms with Gasteiger partial charge in [-0.3, -0.25) is 9.59 Å². The van der Waals surface area contributed by atoms with Gasteiger partial charge < -0.3 is 24.2 Å². The Morgan fingerprint density at radius 1 is 1.06 bits per heavy atom. The molecule has 35 heavy (non-hydrogen) atoms. The first-order chi connectivity index (χ1) is 17.0. The van der Waals surface area contributed by atoms with Gasteiger partial charge in [-0.15, -0.1) is 0 Å². The number of aliphatic hydroxyl groups is 1. The molecule has 3 aromatic carbocycles. The number of ketones is 1. The summed E-state index contributed by atoms with van der Waals surface area (Å²) in [4.78, 5) is 28.4. The van der Waals surface area contributed by atoms with E-state index in [-0.39, 0.29) is 29.5 Å². The van der Waals surface area contributed by atoms with Crippen LogP contribution in [0.3, 0.4) is 0 Å². The molecule has 0 spiro atoms. The lowest BCUT2D eigenvalue weighted by Gasteiger charge is -2.28. The number of amides is 1. The fourth-order valence-corrected chi connectivity index (χ4v) is 5.03. The maximum absolute atomic E-state index is 13.5. The molecule has 7 heteroatoms. The van der Waals surface area contributed by atoms with Crippen molar-refractivity contribution in [1.82, 2.24) is 4.90 Å². The van der Waals surface area contributed by atoms with E-state index < -0.39 is 17.7 Å². The molecule has 3 aromatic rings. The molecule has 5 rings (SSSR count). The molecule has 2 aliphatic rings. The number of benzene rings is 3. The van der Waals surface area contributed by atoms with Gasteiger partial charge in [-0.05, 0) is 47.4 Å². The van der Waals surface area contributed by atoms with E-state index in [0.29, 0.717) is 18.1 Å². The standard InChI is InChI=1S/C28H27NO6/c1-33-18-12-13-23(34-2)22(15-18)26(30)24-25(21-11-5-8-17-7-3-4-10-20(17)21)29(28(32)27(24)31)16-19-9-6-14-35-19/h3-5,7-8,10-13,15,19,25,30H,6,9,14,16H2,1-2H3/b26-24+. The highest BCUT2D eigenvalue weighted by atomic mass is 16.5. The number of ether oxygens (including phenoxy) is 3. The number of Topliss-reactive ketones (excluding diaryl/α,β-unsaturated/α-hetero) is 1. The lowest BCUT2D eigenvalue weighted by molar-refractivity contribution is -0.140. The van der Waals surface area contributed by atoms with Gasteiger partial charge in [-0.25, -0.2) is 0 Å².